The SMILES string of the molecule is CC[C@H](C(=O)Nc1cc(OC)ccc1OC)n1cnc2ccccc2c1=O. The number of para-hydroxylation sites is 1. The molecule has 0 radical (unpaired) electrons. The summed E-state index contributed by atoms with van der Waals surface area (Å²) in [6.07, 6.45) is 1.85. The molecule has 0 unspecified atom stereocenters. The van der Waals surface area contributed by atoms with E-state index in [2.05, 4.69) is 10.3 Å². The first-order valence-corrected chi connectivity index (χ1v) is 8.57. The predicted molar refractivity (Wildman–Crippen MR) is 104 cm³/mol. The van der Waals surface area contributed by atoms with E-state index in [9.17, 15) is 9.59 Å². The van der Waals surface area contributed by atoms with Crippen LogP contribution in [0.2, 0.25) is 0 Å². The van der Waals surface area contributed by atoms with Crippen molar-refractivity contribution in [3.05, 3.63) is 59.1 Å². The number of fused-ring (bicyclic) bond motifs is 1. The number of carbonyl (C=O) groups is 1. The Kier molecular flexibility index (Phi) is 5.40. The number of amides is 1. The van der Waals surface area contributed by atoms with Crippen LogP contribution in [0.3, 0.4) is 0 Å². The van der Waals surface area contributed by atoms with Gasteiger partial charge in [0.15, 0.2) is 0 Å². The van der Waals surface area contributed by atoms with E-state index < -0.39 is 6.04 Å². The van der Waals surface area contributed by atoms with Gasteiger partial charge in [-0.05, 0) is 30.7 Å². The Bertz CT molecular complexity index is 1030. The number of hydrogen-bond acceptors (Lipinski definition) is 5. The molecule has 0 aliphatic heterocycles. The molecule has 7 nitrogen and oxygen atoms in total. The minimum atomic E-state index is -0.703. The molecule has 7 heteroatoms. The lowest BCUT2D eigenvalue weighted by molar-refractivity contribution is -0.119. The lowest BCUT2D eigenvalue weighted by atomic mass is 10.1. The molecule has 140 valence electrons. The molecule has 3 aromatic rings. The largest absolute Gasteiger partial charge is 0.497 e. The number of methoxy groups -OCH3 is 2. The lowest BCUT2D eigenvalue weighted by Crippen LogP contribution is -2.33. The number of carbonyl (C=O) groups excluding carboxylic acids is 1. The zero-order valence-electron chi connectivity index (χ0n) is 15.4. The Morgan fingerprint density at radius 2 is 1.96 bits per heavy atom. The Morgan fingerprint density at radius 1 is 1.19 bits per heavy atom. The predicted octanol–water partition coefficient (Wildman–Crippen LogP) is 3.00. The first-order valence-electron chi connectivity index (χ1n) is 8.57. The van der Waals surface area contributed by atoms with Gasteiger partial charge in [0.25, 0.3) is 5.56 Å². The molecule has 1 atom stereocenters. The van der Waals surface area contributed by atoms with E-state index in [1.54, 1.807) is 43.5 Å². The van der Waals surface area contributed by atoms with Crippen molar-refractivity contribution in [2.45, 2.75) is 19.4 Å². The molecule has 0 fully saturated rings. The maximum atomic E-state index is 12.9. The number of rotatable bonds is 6. The van der Waals surface area contributed by atoms with Crippen LogP contribution in [0, 0.1) is 0 Å². The molecule has 27 heavy (non-hydrogen) atoms. The molecule has 0 saturated carbocycles. The fourth-order valence-corrected chi connectivity index (χ4v) is 2.94. The van der Waals surface area contributed by atoms with E-state index in [1.165, 1.54) is 18.0 Å². The van der Waals surface area contributed by atoms with Gasteiger partial charge in [0.1, 0.15) is 17.5 Å². The standard InChI is InChI=1S/C20H21N3O4/c1-4-17(23-12-21-15-8-6-5-7-14(15)20(23)25)19(24)22-16-11-13(26-2)9-10-18(16)27-3/h5-12,17H,4H2,1-3H3,(H,22,24)/t17-/m1/s1. The molecule has 0 saturated heterocycles. The average molecular weight is 367 g/mol. The Labute approximate surface area is 156 Å². The highest BCUT2D eigenvalue weighted by Crippen LogP contribution is 2.29. The van der Waals surface area contributed by atoms with Crippen LogP contribution in [0.25, 0.3) is 10.9 Å². The van der Waals surface area contributed by atoms with Crippen molar-refractivity contribution < 1.29 is 14.3 Å². The van der Waals surface area contributed by atoms with Crippen LogP contribution in [0.5, 0.6) is 11.5 Å². The third kappa shape index (κ3) is 3.62. The van der Waals surface area contributed by atoms with Gasteiger partial charge in [-0.1, -0.05) is 19.1 Å². The van der Waals surface area contributed by atoms with Crippen LogP contribution >= 0.6 is 0 Å². The van der Waals surface area contributed by atoms with Crippen LogP contribution in [0.1, 0.15) is 19.4 Å². The molecule has 2 aromatic carbocycles. The zero-order valence-corrected chi connectivity index (χ0v) is 15.4. The molecular weight excluding hydrogens is 346 g/mol. The van der Waals surface area contributed by atoms with E-state index in [1.807, 2.05) is 13.0 Å². The van der Waals surface area contributed by atoms with Crippen LogP contribution in [0.4, 0.5) is 5.69 Å². The van der Waals surface area contributed by atoms with Crippen LogP contribution < -0.4 is 20.3 Å². The molecule has 3 rings (SSSR count). The van der Waals surface area contributed by atoms with Gasteiger partial charge in [0.05, 0.1) is 37.1 Å². The van der Waals surface area contributed by atoms with Crippen molar-refractivity contribution in [1.82, 2.24) is 9.55 Å². The van der Waals surface area contributed by atoms with Crippen molar-refractivity contribution >= 4 is 22.5 Å². The summed E-state index contributed by atoms with van der Waals surface area (Å²) in [4.78, 5) is 30.0. The molecule has 1 N–H and O–H groups in total. The summed E-state index contributed by atoms with van der Waals surface area (Å²) in [5.74, 6) is 0.759. The highest BCUT2D eigenvalue weighted by Gasteiger charge is 2.22. The molecule has 1 aromatic heterocycles. The van der Waals surface area contributed by atoms with E-state index in [4.69, 9.17) is 9.47 Å². The number of hydrogen-bond donors (Lipinski definition) is 1. The Balaban J connectivity index is 1.96. The van der Waals surface area contributed by atoms with Gasteiger partial charge in [-0.15, -0.1) is 0 Å². The second-order valence-corrected chi connectivity index (χ2v) is 5.95. The lowest BCUT2D eigenvalue weighted by Gasteiger charge is -2.19. The van der Waals surface area contributed by atoms with Gasteiger partial charge in [0.2, 0.25) is 5.91 Å². The smallest absolute Gasteiger partial charge is 0.261 e. The molecule has 1 amide bonds. The second kappa shape index (κ2) is 7.90. The fraction of sp³-hybridized carbons (Fsp3) is 0.250. The highest BCUT2D eigenvalue weighted by molar-refractivity contribution is 5.95. The van der Waals surface area contributed by atoms with Crippen LogP contribution in [-0.2, 0) is 4.79 Å². The first kappa shape index (κ1) is 18.4. The number of nitrogens with zero attached hydrogens (tertiary/aromatic N) is 2. The summed E-state index contributed by atoms with van der Waals surface area (Å²) in [6, 6.07) is 11.5. The third-order valence-electron chi connectivity index (χ3n) is 4.38. The maximum Gasteiger partial charge on any atom is 0.261 e. The van der Waals surface area contributed by atoms with Gasteiger partial charge in [-0.25, -0.2) is 4.98 Å². The molecule has 0 spiro atoms. The maximum absolute atomic E-state index is 12.9. The molecule has 1 heterocycles. The third-order valence-corrected chi connectivity index (χ3v) is 4.38. The van der Waals surface area contributed by atoms with E-state index in [0.29, 0.717) is 34.5 Å². The van der Waals surface area contributed by atoms with Gasteiger partial charge in [0, 0.05) is 6.07 Å². The normalized spacial score (nSPS) is 11.8. The van der Waals surface area contributed by atoms with Crippen LogP contribution in [0.15, 0.2) is 53.6 Å². The minimum Gasteiger partial charge on any atom is -0.497 e. The molecule has 0 aliphatic carbocycles. The van der Waals surface area contributed by atoms with Crippen molar-refractivity contribution in [3.63, 3.8) is 0 Å². The Morgan fingerprint density at radius 3 is 2.67 bits per heavy atom. The minimum absolute atomic E-state index is 0.250. The molecule has 0 aliphatic rings. The first-order chi connectivity index (χ1) is 13.1. The molecule has 0 bridgehead atoms. The number of aromatic nitrogens is 2. The molecular formula is C20H21N3O4. The fourth-order valence-electron chi connectivity index (χ4n) is 2.94. The van der Waals surface area contributed by atoms with Gasteiger partial charge in [-0.2, -0.15) is 0 Å². The van der Waals surface area contributed by atoms with Gasteiger partial charge in [-0.3, -0.25) is 14.2 Å². The topological polar surface area (TPSA) is 82.4 Å². The number of anilines is 1. The summed E-state index contributed by atoms with van der Waals surface area (Å²) in [5.41, 5.74) is 0.825. The van der Waals surface area contributed by atoms with Crippen molar-refractivity contribution in [2.75, 3.05) is 19.5 Å². The summed E-state index contributed by atoms with van der Waals surface area (Å²) in [5, 5.41) is 3.31. The highest BCUT2D eigenvalue weighted by atomic mass is 16.5. The number of ether oxygens (including phenoxy) is 2. The van der Waals surface area contributed by atoms with Gasteiger partial charge >= 0.3 is 0 Å². The van der Waals surface area contributed by atoms with E-state index in [0.717, 1.165) is 0 Å². The van der Waals surface area contributed by atoms with Crippen LogP contribution in [-0.4, -0.2) is 29.7 Å². The average Bonchev–Trinajstić information content (AvgIpc) is 2.70. The van der Waals surface area contributed by atoms with Crippen molar-refractivity contribution in [3.8, 4) is 11.5 Å². The summed E-state index contributed by atoms with van der Waals surface area (Å²) in [6.45, 7) is 1.84. The van der Waals surface area contributed by atoms with Crippen molar-refractivity contribution in [2.24, 2.45) is 0 Å². The number of benzene rings is 2. The quantitative estimate of drug-likeness (QED) is 0.724. The number of nitrogens with one attached hydrogen (secondary N) is 1. The van der Waals surface area contributed by atoms with E-state index >= 15 is 0 Å². The van der Waals surface area contributed by atoms with Crippen molar-refractivity contribution in [1.29, 1.82) is 0 Å². The summed E-state index contributed by atoms with van der Waals surface area (Å²) in [7, 11) is 3.06. The van der Waals surface area contributed by atoms with Gasteiger partial charge < -0.3 is 14.8 Å². The summed E-state index contributed by atoms with van der Waals surface area (Å²) < 4.78 is 11.9. The summed E-state index contributed by atoms with van der Waals surface area (Å²) >= 11 is 0. The second-order valence-electron chi connectivity index (χ2n) is 5.95. The van der Waals surface area contributed by atoms with E-state index in [-0.39, 0.29) is 11.5 Å². The monoisotopic (exact) mass is 367 g/mol. The Hall–Kier alpha value is -3.35. The zero-order chi connectivity index (χ0) is 19.4.